The number of ether oxygens (including phenoxy) is 3. The number of nitrogens with one attached hydrogen (secondary N) is 1. The van der Waals surface area contributed by atoms with Gasteiger partial charge in [0.25, 0.3) is 0 Å². The zero-order valence-corrected chi connectivity index (χ0v) is 10.5. The van der Waals surface area contributed by atoms with E-state index in [9.17, 15) is 9.59 Å². The second-order valence-electron chi connectivity index (χ2n) is 4.13. The summed E-state index contributed by atoms with van der Waals surface area (Å²) in [5.74, 6) is -1.54. The molecule has 7 heteroatoms. The van der Waals surface area contributed by atoms with Gasteiger partial charge < -0.3 is 24.6 Å². The summed E-state index contributed by atoms with van der Waals surface area (Å²) in [4.78, 5) is 21.9. The monoisotopic (exact) mass is 261 g/mol. The van der Waals surface area contributed by atoms with E-state index in [0.717, 1.165) is 0 Å². The Bertz CT molecular complexity index is 295. The fourth-order valence-corrected chi connectivity index (χ4v) is 1.82. The van der Waals surface area contributed by atoms with E-state index < -0.39 is 11.9 Å². The van der Waals surface area contributed by atoms with E-state index in [1.165, 1.54) is 0 Å². The Morgan fingerprint density at radius 1 is 1.50 bits per heavy atom. The summed E-state index contributed by atoms with van der Waals surface area (Å²) in [5.41, 5.74) is 0. The third-order valence-electron chi connectivity index (χ3n) is 2.81. The van der Waals surface area contributed by atoms with Gasteiger partial charge in [-0.1, -0.05) is 0 Å². The number of hydrogen-bond acceptors (Lipinski definition) is 5. The Morgan fingerprint density at radius 2 is 2.22 bits per heavy atom. The van der Waals surface area contributed by atoms with Gasteiger partial charge in [0.05, 0.1) is 37.7 Å². The highest BCUT2D eigenvalue weighted by Gasteiger charge is 2.44. The van der Waals surface area contributed by atoms with Crippen molar-refractivity contribution >= 4 is 11.9 Å². The lowest BCUT2D eigenvalue weighted by molar-refractivity contribution is -0.156. The van der Waals surface area contributed by atoms with Crippen molar-refractivity contribution in [3.8, 4) is 0 Å². The van der Waals surface area contributed by atoms with Gasteiger partial charge in [0.1, 0.15) is 6.79 Å². The van der Waals surface area contributed by atoms with Crippen LogP contribution in [0, 0.1) is 5.92 Å². The Morgan fingerprint density at radius 3 is 2.78 bits per heavy atom. The zero-order valence-electron chi connectivity index (χ0n) is 10.5. The summed E-state index contributed by atoms with van der Waals surface area (Å²) in [5, 5.41) is 11.2. The van der Waals surface area contributed by atoms with Gasteiger partial charge in [-0.3, -0.25) is 9.59 Å². The summed E-state index contributed by atoms with van der Waals surface area (Å²) in [6, 6.07) is -0.357. The van der Waals surface area contributed by atoms with Gasteiger partial charge in [0.2, 0.25) is 5.91 Å². The highest BCUT2D eigenvalue weighted by molar-refractivity contribution is 5.88. The molecule has 1 heterocycles. The number of rotatable bonds is 9. The quantitative estimate of drug-likeness (QED) is 0.333. The SMILES string of the molecule is COCCOCOC(C)C1C(=O)NC1CC(=O)O. The molecular formula is C11H19NO6. The van der Waals surface area contributed by atoms with Crippen molar-refractivity contribution in [3.63, 3.8) is 0 Å². The number of β-lactam (4-membered cyclic amide) rings is 1. The van der Waals surface area contributed by atoms with E-state index >= 15 is 0 Å². The van der Waals surface area contributed by atoms with Crippen LogP contribution in [-0.2, 0) is 23.8 Å². The molecule has 0 aromatic carbocycles. The molecule has 18 heavy (non-hydrogen) atoms. The largest absolute Gasteiger partial charge is 0.481 e. The number of carbonyl (C=O) groups excluding carboxylic acids is 1. The van der Waals surface area contributed by atoms with Gasteiger partial charge in [-0.15, -0.1) is 0 Å². The van der Waals surface area contributed by atoms with Crippen LogP contribution in [0.2, 0.25) is 0 Å². The van der Waals surface area contributed by atoms with Crippen molar-refractivity contribution in [2.45, 2.75) is 25.5 Å². The molecule has 1 rings (SSSR count). The molecule has 3 unspecified atom stereocenters. The smallest absolute Gasteiger partial charge is 0.305 e. The maximum absolute atomic E-state index is 11.4. The minimum absolute atomic E-state index is 0.0636. The van der Waals surface area contributed by atoms with Crippen LogP contribution in [0.1, 0.15) is 13.3 Å². The molecule has 0 aliphatic carbocycles. The predicted molar refractivity (Wildman–Crippen MR) is 60.9 cm³/mol. The molecule has 0 aromatic heterocycles. The molecule has 1 fully saturated rings. The minimum Gasteiger partial charge on any atom is -0.481 e. The van der Waals surface area contributed by atoms with Crippen LogP contribution < -0.4 is 5.32 Å². The second-order valence-corrected chi connectivity index (χ2v) is 4.13. The molecule has 0 saturated carbocycles. The molecule has 1 aliphatic rings. The number of hydrogen-bond donors (Lipinski definition) is 2. The molecule has 1 saturated heterocycles. The van der Waals surface area contributed by atoms with E-state index in [2.05, 4.69) is 5.32 Å². The molecule has 104 valence electrons. The highest BCUT2D eigenvalue weighted by Crippen LogP contribution is 2.23. The summed E-state index contributed by atoms with van der Waals surface area (Å²) in [7, 11) is 1.57. The van der Waals surface area contributed by atoms with Crippen LogP contribution in [0.15, 0.2) is 0 Å². The Labute approximate surface area is 105 Å². The third kappa shape index (κ3) is 4.25. The highest BCUT2D eigenvalue weighted by atomic mass is 16.7. The Balaban J connectivity index is 2.24. The fraction of sp³-hybridized carbons (Fsp3) is 0.818. The van der Waals surface area contributed by atoms with E-state index in [0.29, 0.717) is 13.2 Å². The lowest BCUT2D eigenvalue weighted by atomic mass is 9.84. The molecule has 0 spiro atoms. The molecule has 0 bridgehead atoms. The average Bonchev–Trinajstić information content (AvgIpc) is 2.27. The van der Waals surface area contributed by atoms with Crippen molar-refractivity contribution < 1.29 is 28.9 Å². The number of carboxylic acids is 1. The van der Waals surface area contributed by atoms with Crippen molar-refractivity contribution in [3.05, 3.63) is 0 Å². The minimum atomic E-state index is -0.937. The topological polar surface area (TPSA) is 94.1 Å². The van der Waals surface area contributed by atoms with Crippen molar-refractivity contribution in [1.29, 1.82) is 0 Å². The molecular weight excluding hydrogens is 242 g/mol. The van der Waals surface area contributed by atoms with Gasteiger partial charge in [-0.25, -0.2) is 0 Å². The number of carboxylic acid groups (broad SMARTS) is 1. The van der Waals surface area contributed by atoms with E-state index in [1.807, 2.05) is 0 Å². The van der Waals surface area contributed by atoms with Crippen LogP contribution in [0.5, 0.6) is 0 Å². The molecule has 3 atom stereocenters. The van der Waals surface area contributed by atoms with Crippen LogP contribution in [0.4, 0.5) is 0 Å². The third-order valence-corrected chi connectivity index (χ3v) is 2.81. The molecule has 1 aliphatic heterocycles. The molecule has 2 N–H and O–H groups in total. The first-order valence-electron chi connectivity index (χ1n) is 5.76. The maximum atomic E-state index is 11.4. The van der Waals surface area contributed by atoms with Gasteiger partial charge in [0, 0.05) is 7.11 Å². The number of aliphatic carboxylic acids is 1. The number of methoxy groups -OCH3 is 1. The first kappa shape index (κ1) is 14.9. The van der Waals surface area contributed by atoms with Gasteiger partial charge >= 0.3 is 5.97 Å². The van der Waals surface area contributed by atoms with Crippen molar-refractivity contribution in [2.75, 3.05) is 27.1 Å². The summed E-state index contributed by atoms with van der Waals surface area (Å²) < 4.78 is 15.3. The van der Waals surface area contributed by atoms with Crippen LogP contribution in [-0.4, -0.2) is 56.2 Å². The Hall–Kier alpha value is -1.18. The van der Waals surface area contributed by atoms with Crippen molar-refractivity contribution in [2.24, 2.45) is 5.92 Å². The van der Waals surface area contributed by atoms with Crippen LogP contribution in [0.3, 0.4) is 0 Å². The van der Waals surface area contributed by atoms with E-state index in [1.54, 1.807) is 14.0 Å². The molecule has 7 nitrogen and oxygen atoms in total. The van der Waals surface area contributed by atoms with E-state index in [4.69, 9.17) is 19.3 Å². The Kier molecular flexibility index (Phi) is 6.03. The second kappa shape index (κ2) is 7.30. The lowest BCUT2D eigenvalue weighted by Gasteiger charge is -2.39. The number of carbonyl (C=O) groups is 2. The molecule has 0 aromatic rings. The maximum Gasteiger partial charge on any atom is 0.305 e. The van der Waals surface area contributed by atoms with Crippen LogP contribution >= 0.6 is 0 Å². The van der Waals surface area contributed by atoms with E-state index in [-0.39, 0.29) is 31.3 Å². The first-order chi connectivity index (χ1) is 8.56. The fourth-order valence-electron chi connectivity index (χ4n) is 1.82. The number of amides is 1. The standard InChI is InChI=1S/C11H19NO6/c1-7(18-6-17-4-3-16-2)10-8(5-9(13)14)12-11(10)15/h7-8,10H,3-6H2,1-2H3,(H,12,15)(H,13,14). The summed E-state index contributed by atoms with van der Waals surface area (Å²) in [6.45, 7) is 2.69. The van der Waals surface area contributed by atoms with Crippen molar-refractivity contribution in [1.82, 2.24) is 5.32 Å². The first-order valence-corrected chi connectivity index (χ1v) is 5.76. The summed E-state index contributed by atoms with van der Waals surface area (Å²) >= 11 is 0. The van der Waals surface area contributed by atoms with Gasteiger partial charge in [0.15, 0.2) is 0 Å². The summed E-state index contributed by atoms with van der Waals surface area (Å²) in [6.07, 6.45) is -0.458. The van der Waals surface area contributed by atoms with Gasteiger partial charge in [-0.05, 0) is 6.92 Å². The normalized spacial score (nSPS) is 24.2. The van der Waals surface area contributed by atoms with Gasteiger partial charge in [-0.2, -0.15) is 0 Å². The van der Waals surface area contributed by atoms with Crippen LogP contribution in [0.25, 0.3) is 0 Å². The molecule has 1 amide bonds. The molecule has 0 radical (unpaired) electrons. The zero-order chi connectivity index (χ0) is 13.5. The predicted octanol–water partition coefficient (Wildman–Crippen LogP) is -0.399. The average molecular weight is 261 g/mol. The lowest BCUT2D eigenvalue weighted by Crippen LogP contribution is -2.62.